The molecule has 0 saturated carbocycles. The van der Waals surface area contributed by atoms with Crippen molar-refractivity contribution >= 4 is 22.7 Å². The highest BCUT2D eigenvalue weighted by molar-refractivity contribution is 6.47. The molecule has 2 aromatic rings. The molecule has 1 aliphatic rings. The third-order valence-electron chi connectivity index (χ3n) is 4.96. The summed E-state index contributed by atoms with van der Waals surface area (Å²) < 4.78 is 5.81. The second-order valence-electron chi connectivity index (χ2n) is 7.41. The normalized spacial score (nSPS) is 14.6. The quantitative estimate of drug-likeness (QED) is 0.369. The van der Waals surface area contributed by atoms with Crippen molar-refractivity contribution in [3.8, 4) is 5.75 Å². The van der Waals surface area contributed by atoms with Gasteiger partial charge in [-0.1, -0.05) is 55.5 Å². The summed E-state index contributed by atoms with van der Waals surface area (Å²) in [6, 6.07) is 18.0. The van der Waals surface area contributed by atoms with Gasteiger partial charge < -0.3 is 9.64 Å². The van der Waals surface area contributed by atoms with Gasteiger partial charge in [0.25, 0.3) is 0 Å². The predicted molar refractivity (Wildman–Crippen MR) is 121 cm³/mol. The minimum Gasteiger partial charge on any atom is -0.492 e. The lowest BCUT2D eigenvalue weighted by Gasteiger charge is -2.18. The van der Waals surface area contributed by atoms with E-state index >= 15 is 0 Å². The predicted octanol–water partition coefficient (Wildman–Crippen LogP) is 4.58. The Kier molecular flexibility index (Phi) is 7.15. The fraction of sp³-hybridized carbons (Fsp3) is 0.231. The van der Waals surface area contributed by atoms with Crippen LogP contribution in [-0.4, -0.2) is 43.7 Å². The summed E-state index contributed by atoms with van der Waals surface area (Å²) in [6.07, 6.45) is 5.32. The Balaban J connectivity index is 2.03. The highest BCUT2D eigenvalue weighted by Crippen LogP contribution is 2.36. The van der Waals surface area contributed by atoms with E-state index in [9.17, 15) is 9.59 Å². The smallest absolute Gasteiger partial charge is 0.226 e. The van der Waals surface area contributed by atoms with Gasteiger partial charge in [0.05, 0.1) is 0 Å². The van der Waals surface area contributed by atoms with Gasteiger partial charge in [-0.3, -0.25) is 9.59 Å². The molecule has 0 bridgehead atoms. The van der Waals surface area contributed by atoms with E-state index < -0.39 is 11.6 Å². The fourth-order valence-corrected chi connectivity index (χ4v) is 3.41. The number of likely N-dealkylation sites (N-methyl/N-ethyl adjacent to an activating group) is 1. The number of nitrogens with zero attached hydrogens (tertiary/aromatic N) is 1. The van der Waals surface area contributed by atoms with Gasteiger partial charge in [0.1, 0.15) is 12.4 Å². The molecule has 0 fully saturated rings. The molecule has 0 radical (unpaired) electrons. The maximum atomic E-state index is 12.1. The molecule has 0 aliphatic heterocycles. The second kappa shape index (κ2) is 9.99. The minimum atomic E-state index is -0.489. The van der Waals surface area contributed by atoms with Crippen LogP contribution in [0.25, 0.3) is 11.1 Å². The van der Waals surface area contributed by atoms with Gasteiger partial charge in [0, 0.05) is 6.54 Å². The standard InChI is InChI=1S/C26H27NO3/c1-4-23(19-8-6-5-7-9-19)26(21-12-15-24(28)25(29)18-21)20-10-13-22(14-11-20)30-17-16-27(2)3/h5-15,18H,4,16-17H2,1-3H3/b26-23-. The van der Waals surface area contributed by atoms with Crippen LogP contribution < -0.4 is 4.74 Å². The number of rotatable bonds is 8. The molecule has 1 aliphatic carbocycles. The Labute approximate surface area is 178 Å². The van der Waals surface area contributed by atoms with Gasteiger partial charge >= 0.3 is 0 Å². The van der Waals surface area contributed by atoms with E-state index in [0.29, 0.717) is 6.61 Å². The third-order valence-corrected chi connectivity index (χ3v) is 4.96. The maximum absolute atomic E-state index is 12.1. The first-order valence-corrected chi connectivity index (χ1v) is 10.1. The molecule has 0 atom stereocenters. The molecule has 2 aromatic carbocycles. The number of ether oxygens (including phenoxy) is 1. The van der Waals surface area contributed by atoms with Crippen LogP contribution in [0.3, 0.4) is 0 Å². The van der Waals surface area contributed by atoms with Crippen molar-refractivity contribution in [3.05, 3.63) is 89.5 Å². The van der Waals surface area contributed by atoms with E-state index in [1.807, 2.05) is 56.6 Å². The zero-order chi connectivity index (χ0) is 21.5. The van der Waals surface area contributed by atoms with Crippen LogP contribution in [0.4, 0.5) is 0 Å². The first kappa shape index (κ1) is 21.5. The molecule has 0 N–H and O–H groups in total. The lowest BCUT2D eigenvalue weighted by atomic mass is 9.85. The summed E-state index contributed by atoms with van der Waals surface area (Å²) in [4.78, 5) is 25.8. The van der Waals surface area contributed by atoms with E-state index in [-0.39, 0.29) is 0 Å². The van der Waals surface area contributed by atoms with Gasteiger partial charge in [-0.2, -0.15) is 0 Å². The molecule has 0 spiro atoms. The van der Waals surface area contributed by atoms with Crippen LogP contribution in [0.15, 0.2) is 78.4 Å². The van der Waals surface area contributed by atoms with Crippen molar-refractivity contribution in [3.63, 3.8) is 0 Å². The highest BCUT2D eigenvalue weighted by atomic mass is 16.5. The first-order valence-electron chi connectivity index (χ1n) is 10.1. The van der Waals surface area contributed by atoms with Gasteiger partial charge in [-0.15, -0.1) is 0 Å². The molecule has 0 saturated heterocycles. The van der Waals surface area contributed by atoms with E-state index in [1.54, 1.807) is 6.08 Å². The lowest BCUT2D eigenvalue weighted by Crippen LogP contribution is -2.19. The molecular weight excluding hydrogens is 374 g/mol. The SMILES string of the molecule is CC/C(=C(/C1=CC(=O)C(=O)C=C1)c1ccc(OCCN(C)C)cc1)c1ccccc1. The number of hydrogen-bond donors (Lipinski definition) is 0. The summed E-state index contributed by atoms with van der Waals surface area (Å²) in [6.45, 7) is 3.56. The molecule has 0 amide bonds. The van der Waals surface area contributed by atoms with Crippen molar-refractivity contribution in [1.82, 2.24) is 4.90 Å². The van der Waals surface area contributed by atoms with Crippen LogP contribution >= 0.6 is 0 Å². The van der Waals surface area contributed by atoms with E-state index in [1.165, 1.54) is 12.2 Å². The van der Waals surface area contributed by atoms with Crippen molar-refractivity contribution in [2.75, 3.05) is 27.2 Å². The van der Waals surface area contributed by atoms with Crippen molar-refractivity contribution in [2.24, 2.45) is 0 Å². The Morgan fingerprint density at radius 1 is 0.867 bits per heavy atom. The number of ketones is 2. The molecule has 30 heavy (non-hydrogen) atoms. The molecule has 0 heterocycles. The Hall–Kier alpha value is -3.24. The number of carbonyl (C=O) groups is 2. The summed E-state index contributed by atoms with van der Waals surface area (Å²) in [5, 5.41) is 0. The largest absolute Gasteiger partial charge is 0.492 e. The molecule has 4 heteroatoms. The monoisotopic (exact) mass is 401 g/mol. The number of carbonyl (C=O) groups excluding carboxylic acids is 2. The molecule has 4 nitrogen and oxygen atoms in total. The summed E-state index contributed by atoms with van der Waals surface area (Å²) in [5.74, 6) is -0.171. The van der Waals surface area contributed by atoms with Crippen molar-refractivity contribution < 1.29 is 14.3 Å². The van der Waals surface area contributed by atoms with Crippen LogP contribution in [-0.2, 0) is 9.59 Å². The van der Waals surface area contributed by atoms with Crippen LogP contribution in [0.2, 0.25) is 0 Å². The van der Waals surface area contributed by atoms with Gasteiger partial charge in [0.2, 0.25) is 11.6 Å². The third kappa shape index (κ3) is 5.22. The minimum absolute atomic E-state index is 0.486. The zero-order valence-electron chi connectivity index (χ0n) is 17.7. The topological polar surface area (TPSA) is 46.6 Å². The highest BCUT2D eigenvalue weighted by Gasteiger charge is 2.20. The lowest BCUT2D eigenvalue weighted by molar-refractivity contribution is -0.131. The maximum Gasteiger partial charge on any atom is 0.226 e. The number of hydrogen-bond acceptors (Lipinski definition) is 4. The van der Waals surface area contributed by atoms with E-state index in [2.05, 4.69) is 24.0 Å². The molecular formula is C26H27NO3. The van der Waals surface area contributed by atoms with Gasteiger partial charge in [-0.05, 0) is 72.6 Å². The fourth-order valence-electron chi connectivity index (χ4n) is 3.41. The van der Waals surface area contributed by atoms with E-state index in [0.717, 1.165) is 46.6 Å². The average Bonchev–Trinajstić information content (AvgIpc) is 2.75. The second-order valence-corrected chi connectivity index (χ2v) is 7.41. The van der Waals surface area contributed by atoms with E-state index in [4.69, 9.17) is 4.74 Å². The average molecular weight is 402 g/mol. The number of allylic oxidation sites excluding steroid dienone is 6. The Bertz CT molecular complexity index is 996. The van der Waals surface area contributed by atoms with Crippen LogP contribution in [0.1, 0.15) is 24.5 Å². The Morgan fingerprint density at radius 3 is 2.17 bits per heavy atom. The summed E-state index contributed by atoms with van der Waals surface area (Å²) in [5.41, 5.74) is 4.91. The van der Waals surface area contributed by atoms with Gasteiger partial charge in [0.15, 0.2) is 0 Å². The molecule has 0 aromatic heterocycles. The van der Waals surface area contributed by atoms with Crippen molar-refractivity contribution in [2.45, 2.75) is 13.3 Å². The zero-order valence-corrected chi connectivity index (χ0v) is 17.7. The Morgan fingerprint density at radius 2 is 1.57 bits per heavy atom. The molecule has 3 rings (SSSR count). The van der Waals surface area contributed by atoms with Crippen LogP contribution in [0.5, 0.6) is 5.75 Å². The van der Waals surface area contributed by atoms with Gasteiger partial charge in [-0.25, -0.2) is 0 Å². The molecule has 0 unspecified atom stereocenters. The number of benzene rings is 2. The summed E-state index contributed by atoms with van der Waals surface area (Å²) in [7, 11) is 4.02. The van der Waals surface area contributed by atoms with Crippen molar-refractivity contribution in [1.29, 1.82) is 0 Å². The summed E-state index contributed by atoms with van der Waals surface area (Å²) >= 11 is 0. The first-order chi connectivity index (χ1) is 14.5. The molecule has 154 valence electrons. The van der Waals surface area contributed by atoms with Crippen LogP contribution in [0, 0.1) is 0 Å².